The van der Waals surface area contributed by atoms with Gasteiger partial charge in [0.05, 0.1) is 0 Å². The van der Waals surface area contributed by atoms with Crippen LogP contribution in [0.15, 0.2) is 12.1 Å². The molecule has 0 aliphatic carbocycles. The highest BCUT2D eigenvalue weighted by molar-refractivity contribution is 7.80. The zero-order valence-electron chi connectivity index (χ0n) is 12.3. The molecule has 0 aliphatic heterocycles. The Morgan fingerprint density at radius 1 is 1.11 bits per heavy atom. The van der Waals surface area contributed by atoms with E-state index in [0.717, 1.165) is 12.2 Å². The average molecular weight is 264 g/mol. The number of hydrogen-bond acceptors (Lipinski definition) is 1. The molecule has 0 spiro atoms. The van der Waals surface area contributed by atoms with Crippen molar-refractivity contribution < 1.29 is 0 Å². The normalized spacial score (nSPS) is 11.2. The topological polar surface area (TPSA) is 24.1 Å². The fourth-order valence-electron chi connectivity index (χ4n) is 1.88. The summed E-state index contributed by atoms with van der Waals surface area (Å²) in [5, 5.41) is 7.25. The van der Waals surface area contributed by atoms with Crippen LogP contribution in [0.25, 0.3) is 0 Å². The number of anilines is 1. The molecule has 0 fully saturated rings. The zero-order valence-corrected chi connectivity index (χ0v) is 13.1. The summed E-state index contributed by atoms with van der Waals surface area (Å²) >= 11 is 5.33. The maximum absolute atomic E-state index is 5.33. The van der Waals surface area contributed by atoms with E-state index < -0.39 is 0 Å². The van der Waals surface area contributed by atoms with E-state index in [9.17, 15) is 0 Å². The molecule has 1 rings (SSSR count). The molecule has 3 heteroatoms. The maximum Gasteiger partial charge on any atom is 0.170 e. The minimum Gasteiger partial charge on any atom is -0.362 e. The molecule has 0 unspecified atom stereocenters. The molecular weight excluding hydrogens is 240 g/mol. The van der Waals surface area contributed by atoms with E-state index in [1.54, 1.807) is 0 Å². The van der Waals surface area contributed by atoms with E-state index >= 15 is 0 Å². The monoisotopic (exact) mass is 264 g/mol. The number of nitrogens with one attached hydrogen (secondary N) is 2. The van der Waals surface area contributed by atoms with Crippen molar-refractivity contribution in [3.8, 4) is 0 Å². The van der Waals surface area contributed by atoms with Gasteiger partial charge in [0.25, 0.3) is 0 Å². The third-order valence-corrected chi connectivity index (χ3v) is 2.94. The van der Waals surface area contributed by atoms with Gasteiger partial charge in [-0.1, -0.05) is 38.5 Å². The quantitative estimate of drug-likeness (QED) is 0.791. The van der Waals surface area contributed by atoms with Gasteiger partial charge in [0.15, 0.2) is 5.11 Å². The molecule has 0 saturated carbocycles. The lowest BCUT2D eigenvalue weighted by Gasteiger charge is -2.21. The summed E-state index contributed by atoms with van der Waals surface area (Å²) in [6.07, 6.45) is 0. The van der Waals surface area contributed by atoms with Gasteiger partial charge in [0, 0.05) is 12.2 Å². The van der Waals surface area contributed by atoms with Gasteiger partial charge in [-0.2, -0.15) is 0 Å². The number of aryl methyl sites for hydroxylation is 3. The molecule has 2 N–H and O–H groups in total. The molecule has 100 valence electrons. The Labute approximate surface area is 116 Å². The molecule has 0 heterocycles. The Balaban J connectivity index is 2.71. The summed E-state index contributed by atoms with van der Waals surface area (Å²) in [5.41, 5.74) is 5.08. The molecule has 0 bridgehead atoms. The van der Waals surface area contributed by atoms with E-state index in [1.165, 1.54) is 16.7 Å². The van der Waals surface area contributed by atoms with E-state index in [0.29, 0.717) is 5.11 Å². The van der Waals surface area contributed by atoms with Gasteiger partial charge < -0.3 is 10.6 Å². The summed E-state index contributed by atoms with van der Waals surface area (Å²) in [5.74, 6) is 0. The van der Waals surface area contributed by atoms with Crippen molar-refractivity contribution in [2.24, 2.45) is 5.41 Å². The van der Waals surface area contributed by atoms with E-state index in [2.05, 4.69) is 64.3 Å². The van der Waals surface area contributed by atoms with Crippen LogP contribution in [0, 0.1) is 26.2 Å². The number of rotatable bonds is 2. The smallest absolute Gasteiger partial charge is 0.170 e. The van der Waals surface area contributed by atoms with Crippen LogP contribution < -0.4 is 10.6 Å². The van der Waals surface area contributed by atoms with Gasteiger partial charge in [-0.15, -0.1) is 0 Å². The minimum atomic E-state index is 0.225. The summed E-state index contributed by atoms with van der Waals surface area (Å²) in [6.45, 7) is 13.7. The van der Waals surface area contributed by atoms with Crippen LogP contribution >= 0.6 is 12.2 Å². The van der Waals surface area contributed by atoms with Crippen LogP contribution in [0.4, 0.5) is 5.69 Å². The van der Waals surface area contributed by atoms with Gasteiger partial charge in [-0.3, -0.25) is 0 Å². The Morgan fingerprint density at radius 2 is 1.61 bits per heavy atom. The minimum absolute atomic E-state index is 0.225. The molecule has 0 atom stereocenters. The molecule has 0 amide bonds. The highest BCUT2D eigenvalue weighted by atomic mass is 32.1. The molecular formula is C15H24N2S. The van der Waals surface area contributed by atoms with Crippen molar-refractivity contribution in [1.82, 2.24) is 5.32 Å². The van der Waals surface area contributed by atoms with Crippen LogP contribution in [-0.4, -0.2) is 11.7 Å². The molecule has 1 aromatic carbocycles. The third kappa shape index (κ3) is 4.65. The Hall–Kier alpha value is -1.09. The Bertz CT molecular complexity index is 421. The molecule has 0 aliphatic rings. The zero-order chi connectivity index (χ0) is 13.9. The lowest BCUT2D eigenvalue weighted by Crippen LogP contribution is -2.35. The lowest BCUT2D eigenvalue weighted by atomic mass is 9.97. The average Bonchev–Trinajstić information content (AvgIpc) is 2.19. The van der Waals surface area contributed by atoms with Gasteiger partial charge in [0.2, 0.25) is 0 Å². The molecule has 18 heavy (non-hydrogen) atoms. The van der Waals surface area contributed by atoms with E-state index in [4.69, 9.17) is 12.2 Å². The highest BCUT2D eigenvalue weighted by Gasteiger charge is 2.11. The lowest BCUT2D eigenvalue weighted by molar-refractivity contribution is 0.409. The van der Waals surface area contributed by atoms with Crippen LogP contribution in [0.3, 0.4) is 0 Å². The second kappa shape index (κ2) is 5.70. The SMILES string of the molecule is Cc1cc(C)c(NC(=S)NCC(C)(C)C)c(C)c1. The van der Waals surface area contributed by atoms with Crippen molar-refractivity contribution in [1.29, 1.82) is 0 Å². The molecule has 2 nitrogen and oxygen atoms in total. The van der Waals surface area contributed by atoms with Gasteiger partial charge in [0.1, 0.15) is 0 Å². The van der Waals surface area contributed by atoms with E-state index in [-0.39, 0.29) is 5.41 Å². The molecule has 0 radical (unpaired) electrons. The fraction of sp³-hybridized carbons (Fsp3) is 0.533. The number of hydrogen-bond donors (Lipinski definition) is 2. The van der Waals surface area contributed by atoms with Crippen molar-refractivity contribution in [3.63, 3.8) is 0 Å². The fourth-order valence-corrected chi connectivity index (χ4v) is 2.05. The second-order valence-corrected chi connectivity index (χ2v) is 6.55. The molecule has 0 saturated heterocycles. The second-order valence-electron chi connectivity index (χ2n) is 6.14. The highest BCUT2D eigenvalue weighted by Crippen LogP contribution is 2.21. The predicted molar refractivity (Wildman–Crippen MR) is 84.3 cm³/mol. The first-order valence-corrected chi connectivity index (χ1v) is 6.72. The largest absolute Gasteiger partial charge is 0.362 e. The maximum atomic E-state index is 5.33. The van der Waals surface area contributed by atoms with E-state index in [1.807, 2.05) is 0 Å². The summed E-state index contributed by atoms with van der Waals surface area (Å²) < 4.78 is 0. The first-order chi connectivity index (χ1) is 8.19. The van der Waals surface area contributed by atoms with Crippen molar-refractivity contribution >= 4 is 23.0 Å². The number of benzene rings is 1. The van der Waals surface area contributed by atoms with Crippen molar-refractivity contribution in [3.05, 3.63) is 28.8 Å². The Morgan fingerprint density at radius 3 is 2.06 bits per heavy atom. The van der Waals surface area contributed by atoms with Crippen molar-refractivity contribution in [2.45, 2.75) is 41.5 Å². The summed E-state index contributed by atoms with van der Waals surface area (Å²) in [7, 11) is 0. The van der Waals surface area contributed by atoms with Gasteiger partial charge >= 0.3 is 0 Å². The summed E-state index contributed by atoms with van der Waals surface area (Å²) in [6, 6.07) is 4.34. The predicted octanol–water partition coefficient (Wildman–Crippen LogP) is 3.94. The molecule has 0 aromatic heterocycles. The van der Waals surface area contributed by atoms with Crippen LogP contribution in [0.2, 0.25) is 0 Å². The first-order valence-electron chi connectivity index (χ1n) is 6.32. The van der Waals surface area contributed by atoms with Crippen LogP contribution in [0.5, 0.6) is 0 Å². The van der Waals surface area contributed by atoms with Crippen LogP contribution in [-0.2, 0) is 0 Å². The summed E-state index contributed by atoms with van der Waals surface area (Å²) in [4.78, 5) is 0. The Kier molecular flexibility index (Phi) is 4.74. The number of thiocarbonyl (C=S) groups is 1. The standard InChI is InChI=1S/C15H24N2S/c1-10-7-11(2)13(12(3)8-10)17-14(18)16-9-15(4,5)6/h7-8H,9H2,1-6H3,(H2,16,17,18). The molecule has 1 aromatic rings. The van der Waals surface area contributed by atoms with Crippen LogP contribution in [0.1, 0.15) is 37.5 Å². The van der Waals surface area contributed by atoms with Gasteiger partial charge in [-0.05, 0) is 49.5 Å². The third-order valence-electron chi connectivity index (χ3n) is 2.69. The van der Waals surface area contributed by atoms with Gasteiger partial charge in [-0.25, -0.2) is 0 Å². The first kappa shape index (κ1) is 15.0. The van der Waals surface area contributed by atoms with Crippen molar-refractivity contribution in [2.75, 3.05) is 11.9 Å².